The van der Waals surface area contributed by atoms with Crippen molar-refractivity contribution in [3.05, 3.63) is 166 Å². The number of benzene rings is 4. The van der Waals surface area contributed by atoms with Gasteiger partial charge in [0.05, 0.1) is 32.0 Å². The van der Waals surface area contributed by atoms with E-state index < -0.39 is 79.9 Å². The summed E-state index contributed by atoms with van der Waals surface area (Å²) in [5.74, 6) is -0.556. The summed E-state index contributed by atoms with van der Waals surface area (Å²) < 4.78 is 62.9. The van der Waals surface area contributed by atoms with Gasteiger partial charge in [0.15, 0.2) is 25.2 Å². The molecule has 4 aromatic rings. The first-order valence-corrected chi connectivity index (χ1v) is 19.5. The van der Waals surface area contributed by atoms with Gasteiger partial charge in [-0.2, -0.15) is 0 Å². The minimum Gasteiger partial charge on any atom is -0.458 e. The van der Waals surface area contributed by atoms with Crippen LogP contribution in [0.3, 0.4) is 0 Å². The number of aliphatic hydroxyl groups excluding tert-OH is 1. The lowest BCUT2D eigenvalue weighted by atomic mass is 9.94. The van der Waals surface area contributed by atoms with Gasteiger partial charge in [0.1, 0.15) is 55.4 Å². The number of nitrogens with zero attached hydrogens (tertiary/aromatic N) is 3. The zero-order chi connectivity index (χ0) is 40.6. The zero-order valence-electron chi connectivity index (χ0n) is 32.0. The van der Waals surface area contributed by atoms with Crippen LogP contribution in [0.25, 0.3) is 10.4 Å². The molecule has 2 unspecified atom stereocenters. The third kappa shape index (κ3) is 9.42. The van der Waals surface area contributed by atoms with Gasteiger partial charge in [-0.15, -0.1) is 0 Å². The minimum atomic E-state index is -1.40. The van der Waals surface area contributed by atoms with Crippen LogP contribution < -0.4 is 0 Å². The number of aliphatic hydroxyl groups is 1. The summed E-state index contributed by atoms with van der Waals surface area (Å²) >= 11 is 0. The molecule has 0 amide bonds. The predicted molar refractivity (Wildman–Crippen MR) is 208 cm³/mol. The topological polar surface area (TPSA) is 178 Å². The average Bonchev–Trinajstić information content (AvgIpc) is 3.29. The average molecular weight is 808 g/mol. The highest BCUT2D eigenvalue weighted by atomic mass is 16.8. The molecule has 0 radical (unpaired) electrons. The van der Waals surface area contributed by atoms with Crippen molar-refractivity contribution in [2.75, 3.05) is 19.8 Å². The molecule has 4 heterocycles. The SMILES string of the molecule is C=CCOC(=O)c1ccccc1CO[C@H]1O[C@@H]2COC(c3ccccc3)O[C@H]2[C@H](O[C@@H]2O[C@@H]3COC(c4ccccc4)O[C@H]3[C@H](OCc3ccccc3)[C@@H]2O)[C@H]1N=[N+]=[N-]. The van der Waals surface area contributed by atoms with E-state index >= 15 is 0 Å². The van der Waals surface area contributed by atoms with Crippen LogP contribution >= 0.6 is 0 Å². The number of esters is 1. The summed E-state index contributed by atoms with van der Waals surface area (Å²) in [5.41, 5.74) is 13.2. The Balaban J connectivity index is 1.08. The molecule has 4 aromatic carbocycles. The maximum atomic E-state index is 12.9. The highest BCUT2D eigenvalue weighted by Gasteiger charge is 2.56. The molecule has 0 bridgehead atoms. The molecule has 0 aliphatic carbocycles. The molecule has 15 heteroatoms. The first-order chi connectivity index (χ1) is 29.0. The van der Waals surface area contributed by atoms with Crippen LogP contribution in [0.5, 0.6) is 0 Å². The number of hydrogen-bond acceptors (Lipinski definition) is 13. The Morgan fingerprint density at radius 1 is 0.746 bits per heavy atom. The Kier molecular flexibility index (Phi) is 13.4. The highest BCUT2D eigenvalue weighted by molar-refractivity contribution is 5.91. The Bertz CT molecular complexity index is 2040. The van der Waals surface area contributed by atoms with Gasteiger partial charge >= 0.3 is 5.97 Å². The lowest BCUT2D eigenvalue weighted by Crippen LogP contribution is -2.67. The van der Waals surface area contributed by atoms with Crippen molar-refractivity contribution in [3.8, 4) is 0 Å². The molecule has 4 fully saturated rings. The summed E-state index contributed by atoms with van der Waals surface area (Å²) in [4.78, 5) is 16.0. The molecular formula is C44H45N3O12. The molecule has 8 rings (SSSR count). The molecule has 4 aliphatic rings. The van der Waals surface area contributed by atoms with Crippen molar-refractivity contribution in [2.24, 2.45) is 5.11 Å². The van der Waals surface area contributed by atoms with Crippen LogP contribution in [0.1, 0.15) is 45.2 Å². The van der Waals surface area contributed by atoms with Gasteiger partial charge in [0, 0.05) is 16.0 Å². The molecule has 0 aromatic heterocycles. The largest absolute Gasteiger partial charge is 0.458 e. The summed E-state index contributed by atoms with van der Waals surface area (Å²) in [7, 11) is 0. The summed E-state index contributed by atoms with van der Waals surface area (Å²) in [6.45, 7) is 3.84. The highest BCUT2D eigenvalue weighted by Crippen LogP contribution is 2.41. The molecule has 12 atom stereocenters. The lowest BCUT2D eigenvalue weighted by molar-refractivity contribution is -0.396. The molecule has 15 nitrogen and oxygen atoms in total. The first kappa shape index (κ1) is 40.8. The van der Waals surface area contributed by atoms with Crippen LogP contribution in [-0.2, 0) is 60.6 Å². The zero-order valence-corrected chi connectivity index (χ0v) is 32.0. The molecule has 1 N–H and O–H groups in total. The van der Waals surface area contributed by atoms with Gasteiger partial charge in [-0.1, -0.05) is 127 Å². The Morgan fingerprint density at radius 2 is 1.32 bits per heavy atom. The van der Waals surface area contributed by atoms with Crippen LogP contribution in [0, 0.1) is 0 Å². The molecule has 0 saturated carbocycles. The normalized spacial score (nSPS) is 31.5. The Labute approximate surface area is 340 Å². The summed E-state index contributed by atoms with van der Waals surface area (Å²) in [6.07, 6.45) is -9.26. The van der Waals surface area contributed by atoms with E-state index in [0.717, 1.165) is 16.7 Å². The van der Waals surface area contributed by atoms with Gasteiger partial charge in [-0.3, -0.25) is 0 Å². The van der Waals surface area contributed by atoms with Gasteiger partial charge in [0.2, 0.25) is 0 Å². The Morgan fingerprint density at radius 3 is 1.95 bits per heavy atom. The third-order valence-corrected chi connectivity index (χ3v) is 10.5. The standard InChI is InChI=1S/C44H45N3O12/c1-2-22-50-40(49)31-21-13-12-20-30(31)24-52-43-34(46-47-45)38(36-32(55-43)25-53-41(57-36)28-16-8-4-9-17-28)59-44-35(48)39(51-23-27-14-6-3-7-15-27)37-33(56-44)26-54-42(58-37)29-18-10-5-11-19-29/h2-21,32-39,41-44,48H,1,22-26H2/t32-,33-,34-,35+,36-,37-,38-,39-,41?,42?,43+,44+/m1/s1. The molecule has 4 aliphatic heterocycles. The second-order valence-electron chi connectivity index (χ2n) is 14.3. The van der Waals surface area contributed by atoms with E-state index in [0.29, 0.717) is 5.56 Å². The number of hydrogen-bond donors (Lipinski definition) is 1. The number of carbonyl (C=O) groups excluding carboxylic acids is 1. The maximum Gasteiger partial charge on any atom is 0.338 e. The van der Waals surface area contributed by atoms with E-state index in [2.05, 4.69) is 16.6 Å². The maximum absolute atomic E-state index is 12.9. The van der Waals surface area contributed by atoms with E-state index in [-0.39, 0.29) is 38.6 Å². The van der Waals surface area contributed by atoms with E-state index in [1.54, 1.807) is 24.3 Å². The molecule has 308 valence electrons. The lowest BCUT2D eigenvalue weighted by Gasteiger charge is -2.51. The van der Waals surface area contributed by atoms with Crippen molar-refractivity contribution in [3.63, 3.8) is 0 Å². The van der Waals surface area contributed by atoms with Crippen molar-refractivity contribution in [2.45, 2.75) is 87.1 Å². The van der Waals surface area contributed by atoms with Crippen LogP contribution in [0.2, 0.25) is 0 Å². The summed E-state index contributed by atoms with van der Waals surface area (Å²) in [6, 6.07) is 34.0. The number of carbonyl (C=O) groups is 1. The van der Waals surface area contributed by atoms with Crippen molar-refractivity contribution in [1.29, 1.82) is 0 Å². The van der Waals surface area contributed by atoms with E-state index in [1.807, 2.05) is 91.0 Å². The molecular weight excluding hydrogens is 762 g/mol. The van der Waals surface area contributed by atoms with Gasteiger partial charge < -0.3 is 52.5 Å². The number of fused-ring (bicyclic) bond motifs is 2. The Hall–Kier alpha value is -5.00. The fourth-order valence-electron chi connectivity index (χ4n) is 7.61. The third-order valence-electron chi connectivity index (χ3n) is 10.5. The second-order valence-corrected chi connectivity index (χ2v) is 14.3. The molecule has 4 saturated heterocycles. The van der Waals surface area contributed by atoms with E-state index in [1.165, 1.54) is 6.08 Å². The molecule has 0 spiro atoms. The minimum absolute atomic E-state index is 0.0332. The second kappa shape index (κ2) is 19.4. The fourth-order valence-corrected chi connectivity index (χ4v) is 7.61. The van der Waals surface area contributed by atoms with Crippen molar-refractivity contribution < 1.29 is 57.3 Å². The van der Waals surface area contributed by atoms with Gasteiger partial charge in [-0.25, -0.2) is 4.79 Å². The van der Waals surface area contributed by atoms with Gasteiger partial charge in [0.25, 0.3) is 0 Å². The number of ether oxygens (including phenoxy) is 10. The summed E-state index contributed by atoms with van der Waals surface area (Å²) in [5, 5.41) is 16.3. The van der Waals surface area contributed by atoms with E-state index in [9.17, 15) is 15.4 Å². The van der Waals surface area contributed by atoms with Crippen LogP contribution in [0.4, 0.5) is 0 Å². The van der Waals surface area contributed by atoms with Crippen molar-refractivity contribution >= 4 is 5.97 Å². The quantitative estimate of drug-likeness (QED) is 0.0500. The molecule has 59 heavy (non-hydrogen) atoms. The van der Waals surface area contributed by atoms with Crippen LogP contribution in [-0.4, -0.2) is 92.2 Å². The van der Waals surface area contributed by atoms with Crippen molar-refractivity contribution in [1.82, 2.24) is 0 Å². The van der Waals surface area contributed by atoms with E-state index in [4.69, 9.17) is 47.4 Å². The fraction of sp³-hybridized carbons (Fsp3) is 0.386. The number of azide groups is 1. The van der Waals surface area contributed by atoms with Gasteiger partial charge in [-0.05, 0) is 22.7 Å². The smallest absolute Gasteiger partial charge is 0.338 e. The first-order valence-electron chi connectivity index (χ1n) is 19.5. The predicted octanol–water partition coefficient (Wildman–Crippen LogP) is 6.23. The monoisotopic (exact) mass is 807 g/mol. The number of rotatable bonds is 14. The van der Waals surface area contributed by atoms with Crippen LogP contribution in [0.15, 0.2) is 133 Å².